The van der Waals surface area contributed by atoms with Crippen molar-refractivity contribution in [3.8, 4) is 0 Å². The molecule has 0 fully saturated rings. The molecule has 0 aliphatic rings. The Labute approximate surface area is 64.9 Å². The predicted octanol–water partition coefficient (Wildman–Crippen LogP) is 2.27. The van der Waals surface area contributed by atoms with E-state index in [2.05, 4.69) is 29.4 Å². The van der Waals surface area contributed by atoms with E-state index in [1.165, 1.54) is 5.69 Å². The zero-order valence-corrected chi connectivity index (χ0v) is 7.23. The normalized spacial score (nSPS) is 10.8. The Balaban J connectivity index is 2.59. The zero-order valence-electron chi connectivity index (χ0n) is 6.33. The van der Waals surface area contributed by atoms with Gasteiger partial charge in [0.25, 0.3) is 0 Å². The molecule has 0 aromatic heterocycles. The van der Waals surface area contributed by atoms with Crippen LogP contribution in [0.15, 0.2) is 30.3 Å². The molecule has 0 bridgehead atoms. The average molecular weight is 155 g/mol. The van der Waals surface area contributed by atoms with E-state index in [-0.39, 0.29) is 11.1 Å². The summed E-state index contributed by atoms with van der Waals surface area (Å²) in [6, 6.07) is 10.3. The van der Waals surface area contributed by atoms with Crippen LogP contribution in [-0.2, 0) is 0 Å². The topological polar surface area (TPSA) is 12.0 Å². The third-order valence-corrected chi connectivity index (χ3v) is 1.83. The summed E-state index contributed by atoms with van der Waals surface area (Å²) in [5.74, 6) is 0. The highest BCUT2D eigenvalue weighted by molar-refractivity contribution is 8.16. The molecule has 0 heterocycles. The summed E-state index contributed by atoms with van der Waals surface area (Å²) >= 11 is -0.0267. The molecule has 1 N–H and O–H groups in total. The van der Waals surface area contributed by atoms with Gasteiger partial charge in [0, 0.05) is 5.69 Å². The minimum atomic E-state index is -0.0267. The summed E-state index contributed by atoms with van der Waals surface area (Å²) in [5.41, 5.74) is 1.22. The minimum Gasteiger partial charge on any atom is -0.350 e. The number of hydrogen-bond donors (Lipinski definition) is 2. The van der Waals surface area contributed by atoms with Gasteiger partial charge in [0.1, 0.15) is 0 Å². The Morgan fingerprint density at radius 2 is 1.70 bits per heavy atom. The maximum absolute atomic E-state index is 3.37. The fourth-order valence-corrected chi connectivity index (χ4v) is 1.44. The van der Waals surface area contributed by atoms with Crippen LogP contribution in [0, 0.1) is 0 Å². The Kier molecular flexibility index (Phi) is 2.63. The fourth-order valence-electron chi connectivity index (χ4n) is 0.771. The van der Waals surface area contributed by atoms with Gasteiger partial charge in [-0.3, -0.25) is 0 Å². The molecule has 10 heavy (non-hydrogen) atoms. The van der Waals surface area contributed by atoms with E-state index in [0.717, 1.165) is 0 Å². The van der Waals surface area contributed by atoms with Gasteiger partial charge in [-0.05, 0) is 24.6 Å². The number of benzene rings is 1. The van der Waals surface area contributed by atoms with Gasteiger partial charge in [0.2, 0.25) is 0 Å². The summed E-state index contributed by atoms with van der Waals surface area (Å²) in [4.78, 5) is 0. The fraction of sp³-hybridized carbons (Fsp3) is 0.250. The molecule has 56 valence electrons. The Bertz CT molecular complexity index is 184. The van der Waals surface area contributed by atoms with E-state index in [4.69, 9.17) is 0 Å². The molecule has 0 atom stereocenters. The Hall–Kier alpha value is -0.630. The van der Waals surface area contributed by atoms with Crippen LogP contribution in [0.3, 0.4) is 0 Å². The van der Waals surface area contributed by atoms with Gasteiger partial charge < -0.3 is 4.72 Å². The van der Waals surface area contributed by atoms with Crippen LogP contribution in [-0.4, -0.2) is 12.5 Å². The maximum Gasteiger partial charge on any atom is 0.0424 e. The number of anilines is 1. The van der Waals surface area contributed by atoms with Gasteiger partial charge in [-0.15, -0.1) is 0 Å². The van der Waals surface area contributed by atoms with E-state index in [1.807, 2.05) is 18.2 Å². The van der Waals surface area contributed by atoms with Crippen molar-refractivity contribution in [1.29, 1.82) is 0 Å². The smallest absolute Gasteiger partial charge is 0.0424 e. The second kappa shape index (κ2) is 3.52. The number of nitrogens with one attached hydrogen (secondary N) is 1. The second-order valence-corrected chi connectivity index (χ2v) is 4.38. The van der Waals surface area contributed by atoms with Crippen molar-refractivity contribution in [2.75, 3.05) is 17.2 Å². The first-order valence-corrected chi connectivity index (χ1v) is 5.51. The van der Waals surface area contributed by atoms with Crippen LogP contribution in [0.25, 0.3) is 0 Å². The lowest BCUT2D eigenvalue weighted by Gasteiger charge is -2.12. The molecule has 0 saturated carbocycles. The number of para-hydroxylation sites is 1. The van der Waals surface area contributed by atoms with Crippen molar-refractivity contribution in [2.24, 2.45) is 0 Å². The first kappa shape index (κ1) is 7.48. The molecular weight excluding hydrogens is 142 g/mol. The summed E-state index contributed by atoms with van der Waals surface area (Å²) in [5, 5.41) is 0. The highest BCUT2D eigenvalue weighted by Crippen LogP contribution is 2.17. The van der Waals surface area contributed by atoms with Crippen LogP contribution in [0.4, 0.5) is 5.69 Å². The number of hydrogen-bond acceptors (Lipinski definition) is 1. The van der Waals surface area contributed by atoms with Crippen molar-refractivity contribution < 1.29 is 0 Å². The summed E-state index contributed by atoms with van der Waals surface area (Å²) < 4.78 is 3.37. The number of rotatable bonds is 2. The molecule has 1 rings (SSSR count). The summed E-state index contributed by atoms with van der Waals surface area (Å²) in [6.07, 6.45) is 4.39. The van der Waals surface area contributed by atoms with Gasteiger partial charge in [-0.1, -0.05) is 18.2 Å². The SMILES string of the molecule is C[SH](C)Nc1ccccc1. The summed E-state index contributed by atoms with van der Waals surface area (Å²) in [6.45, 7) is 0. The second-order valence-electron chi connectivity index (χ2n) is 2.37. The average Bonchev–Trinajstić information content (AvgIpc) is 1.88. The van der Waals surface area contributed by atoms with E-state index in [1.54, 1.807) is 0 Å². The molecule has 2 heteroatoms. The zero-order chi connectivity index (χ0) is 7.40. The number of thiol groups is 1. The van der Waals surface area contributed by atoms with Gasteiger partial charge in [0.15, 0.2) is 0 Å². The summed E-state index contributed by atoms with van der Waals surface area (Å²) in [7, 11) is 0. The highest BCUT2D eigenvalue weighted by Gasteiger charge is 1.87. The Morgan fingerprint density at radius 3 is 2.20 bits per heavy atom. The van der Waals surface area contributed by atoms with Gasteiger partial charge in [-0.2, -0.15) is 11.1 Å². The monoisotopic (exact) mass is 155 g/mol. The van der Waals surface area contributed by atoms with Crippen LogP contribution < -0.4 is 4.72 Å². The van der Waals surface area contributed by atoms with Crippen molar-refractivity contribution in [3.05, 3.63) is 30.3 Å². The molecular formula is C8H13NS. The third kappa shape index (κ3) is 2.31. The molecule has 0 saturated heterocycles. The van der Waals surface area contributed by atoms with Crippen molar-refractivity contribution >= 4 is 16.8 Å². The standard InChI is InChI=1S/C8H13NS/c1-10(2)9-8-6-4-3-5-7-8/h3-7,9-10H,1-2H3. The molecule has 0 aliphatic heterocycles. The van der Waals surface area contributed by atoms with Crippen molar-refractivity contribution in [2.45, 2.75) is 0 Å². The minimum absolute atomic E-state index is 0.0267. The molecule has 0 amide bonds. The first-order valence-electron chi connectivity index (χ1n) is 3.28. The van der Waals surface area contributed by atoms with Crippen LogP contribution in [0.2, 0.25) is 0 Å². The van der Waals surface area contributed by atoms with E-state index >= 15 is 0 Å². The lowest BCUT2D eigenvalue weighted by molar-refractivity contribution is 1.68. The quantitative estimate of drug-likeness (QED) is 0.624. The molecule has 1 nitrogen and oxygen atoms in total. The van der Waals surface area contributed by atoms with Crippen LogP contribution in [0.5, 0.6) is 0 Å². The lowest BCUT2D eigenvalue weighted by atomic mass is 10.3. The van der Waals surface area contributed by atoms with Gasteiger partial charge in [-0.25, -0.2) is 0 Å². The van der Waals surface area contributed by atoms with Crippen molar-refractivity contribution in [3.63, 3.8) is 0 Å². The molecule has 0 spiro atoms. The van der Waals surface area contributed by atoms with Crippen molar-refractivity contribution in [1.82, 2.24) is 0 Å². The van der Waals surface area contributed by atoms with E-state index in [0.29, 0.717) is 0 Å². The van der Waals surface area contributed by atoms with Gasteiger partial charge >= 0.3 is 0 Å². The predicted molar refractivity (Wildman–Crippen MR) is 50.9 cm³/mol. The van der Waals surface area contributed by atoms with Crippen LogP contribution in [0.1, 0.15) is 0 Å². The maximum atomic E-state index is 3.37. The van der Waals surface area contributed by atoms with E-state index < -0.39 is 0 Å². The molecule has 0 radical (unpaired) electrons. The first-order chi connectivity index (χ1) is 4.79. The van der Waals surface area contributed by atoms with E-state index in [9.17, 15) is 0 Å². The third-order valence-electron chi connectivity index (χ3n) is 1.13. The van der Waals surface area contributed by atoms with Crippen LogP contribution >= 0.6 is 11.1 Å². The largest absolute Gasteiger partial charge is 0.350 e. The molecule has 1 aromatic carbocycles. The molecule has 0 unspecified atom stereocenters. The molecule has 1 aromatic rings. The van der Waals surface area contributed by atoms with Gasteiger partial charge in [0.05, 0.1) is 0 Å². The Morgan fingerprint density at radius 1 is 1.10 bits per heavy atom. The lowest BCUT2D eigenvalue weighted by Crippen LogP contribution is -1.90. The highest BCUT2D eigenvalue weighted by atomic mass is 32.2. The molecule has 0 aliphatic carbocycles.